The van der Waals surface area contributed by atoms with Crippen molar-refractivity contribution in [3.8, 4) is 5.75 Å². The van der Waals surface area contributed by atoms with E-state index in [1.165, 1.54) is 18.5 Å². The van der Waals surface area contributed by atoms with Crippen LogP contribution in [0.2, 0.25) is 0 Å². The lowest BCUT2D eigenvalue weighted by Crippen LogP contribution is -2.41. The summed E-state index contributed by atoms with van der Waals surface area (Å²) < 4.78 is 5.43. The Kier molecular flexibility index (Phi) is 3.89. The predicted molar refractivity (Wildman–Crippen MR) is 71.6 cm³/mol. The SMILES string of the molecule is CCOc1ccc(N(C)CC2CC(N)C2)cc1. The van der Waals surface area contributed by atoms with Gasteiger partial charge < -0.3 is 15.4 Å². The predicted octanol–water partition coefficient (Wildman–Crippen LogP) is 2.26. The molecule has 0 aromatic heterocycles. The van der Waals surface area contributed by atoms with Crippen LogP contribution in [0.25, 0.3) is 0 Å². The minimum atomic E-state index is 0.439. The third-order valence-corrected chi connectivity index (χ3v) is 3.39. The van der Waals surface area contributed by atoms with E-state index in [-0.39, 0.29) is 0 Å². The number of anilines is 1. The summed E-state index contributed by atoms with van der Waals surface area (Å²) in [6, 6.07) is 8.73. The number of hydrogen-bond acceptors (Lipinski definition) is 3. The molecule has 0 spiro atoms. The highest BCUT2D eigenvalue weighted by Crippen LogP contribution is 2.28. The summed E-state index contributed by atoms with van der Waals surface area (Å²) in [6.07, 6.45) is 2.34. The van der Waals surface area contributed by atoms with Gasteiger partial charge >= 0.3 is 0 Å². The van der Waals surface area contributed by atoms with Gasteiger partial charge in [0.05, 0.1) is 6.61 Å². The second kappa shape index (κ2) is 5.41. The molecule has 0 amide bonds. The monoisotopic (exact) mass is 234 g/mol. The van der Waals surface area contributed by atoms with Crippen molar-refractivity contribution in [1.29, 1.82) is 0 Å². The standard InChI is InChI=1S/C14H22N2O/c1-3-17-14-6-4-13(5-7-14)16(2)10-11-8-12(15)9-11/h4-7,11-12H,3,8-10,15H2,1-2H3. The third-order valence-electron chi connectivity index (χ3n) is 3.39. The third kappa shape index (κ3) is 3.13. The first-order valence-corrected chi connectivity index (χ1v) is 6.38. The van der Waals surface area contributed by atoms with Gasteiger partial charge in [0.2, 0.25) is 0 Å². The zero-order valence-corrected chi connectivity index (χ0v) is 10.7. The van der Waals surface area contributed by atoms with Crippen LogP contribution in [0.5, 0.6) is 5.75 Å². The van der Waals surface area contributed by atoms with Gasteiger partial charge in [-0.1, -0.05) is 0 Å². The molecule has 2 N–H and O–H groups in total. The molecule has 0 heterocycles. The Morgan fingerprint density at radius 2 is 1.94 bits per heavy atom. The zero-order valence-electron chi connectivity index (χ0n) is 10.7. The Labute approximate surface area is 104 Å². The second-order valence-electron chi connectivity index (χ2n) is 4.90. The van der Waals surface area contributed by atoms with E-state index in [1.54, 1.807) is 0 Å². The van der Waals surface area contributed by atoms with Gasteiger partial charge in [-0.2, -0.15) is 0 Å². The van der Waals surface area contributed by atoms with Crippen molar-refractivity contribution in [2.75, 3.05) is 25.1 Å². The van der Waals surface area contributed by atoms with E-state index in [4.69, 9.17) is 10.5 Å². The van der Waals surface area contributed by atoms with Crippen LogP contribution in [0, 0.1) is 5.92 Å². The molecule has 2 rings (SSSR count). The molecule has 3 heteroatoms. The molecule has 0 saturated heterocycles. The van der Waals surface area contributed by atoms with Crippen LogP contribution >= 0.6 is 0 Å². The van der Waals surface area contributed by atoms with Crippen molar-refractivity contribution >= 4 is 5.69 Å². The molecule has 1 aliphatic carbocycles. The van der Waals surface area contributed by atoms with Crippen LogP contribution < -0.4 is 15.4 Å². The molecule has 1 saturated carbocycles. The lowest BCUT2D eigenvalue weighted by Gasteiger charge is -2.36. The van der Waals surface area contributed by atoms with E-state index in [9.17, 15) is 0 Å². The Balaban J connectivity index is 1.87. The quantitative estimate of drug-likeness (QED) is 0.849. The number of benzene rings is 1. The molecule has 0 radical (unpaired) electrons. The molecule has 0 atom stereocenters. The highest BCUT2D eigenvalue weighted by molar-refractivity contribution is 5.48. The summed E-state index contributed by atoms with van der Waals surface area (Å²) in [6.45, 7) is 3.82. The first kappa shape index (κ1) is 12.2. The van der Waals surface area contributed by atoms with E-state index in [0.717, 1.165) is 24.8 Å². The van der Waals surface area contributed by atoms with Crippen LogP contribution in [0.3, 0.4) is 0 Å². The second-order valence-corrected chi connectivity index (χ2v) is 4.90. The Hall–Kier alpha value is -1.22. The fourth-order valence-electron chi connectivity index (χ4n) is 2.39. The van der Waals surface area contributed by atoms with Gasteiger partial charge in [-0.25, -0.2) is 0 Å². The Morgan fingerprint density at radius 3 is 2.47 bits per heavy atom. The van der Waals surface area contributed by atoms with Crippen LogP contribution in [0.15, 0.2) is 24.3 Å². The van der Waals surface area contributed by atoms with Crippen molar-refractivity contribution in [3.63, 3.8) is 0 Å². The van der Waals surface area contributed by atoms with Gasteiger partial charge in [-0.3, -0.25) is 0 Å². The first-order valence-electron chi connectivity index (χ1n) is 6.38. The number of nitrogens with zero attached hydrogens (tertiary/aromatic N) is 1. The van der Waals surface area contributed by atoms with E-state index in [2.05, 4.69) is 24.1 Å². The van der Waals surface area contributed by atoms with Gasteiger partial charge in [0.1, 0.15) is 5.75 Å². The maximum absolute atomic E-state index is 5.80. The largest absolute Gasteiger partial charge is 0.494 e. The summed E-state index contributed by atoms with van der Waals surface area (Å²) in [5.74, 6) is 1.71. The molecule has 1 fully saturated rings. The maximum Gasteiger partial charge on any atom is 0.119 e. The van der Waals surface area contributed by atoms with Crippen LogP contribution in [0.1, 0.15) is 19.8 Å². The number of hydrogen-bond donors (Lipinski definition) is 1. The fourth-order valence-corrected chi connectivity index (χ4v) is 2.39. The highest BCUT2D eigenvalue weighted by atomic mass is 16.5. The van der Waals surface area contributed by atoms with E-state index < -0.39 is 0 Å². The van der Waals surface area contributed by atoms with Crippen molar-refractivity contribution in [1.82, 2.24) is 0 Å². The topological polar surface area (TPSA) is 38.5 Å². The van der Waals surface area contributed by atoms with Crippen molar-refractivity contribution in [3.05, 3.63) is 24.3 Å². The Bertz CT molecular complexity index is 344. The zero-order chi connectivity index (χ0) is 12.3. The Morgan fingerprint density at radius 1 is 1.29 bits per heavy atom. The summed E-state index contributed by atoms with van der Waals surface area (Å²) in [4.78, 5) is 2.30. The summed E-state index contributed by atoms with van der Waals surface area (Å²) >= 11 is 0. The van der Waals surface area contributed by atoms with E-state index >= 15 is 0 Å². The van der Waals surface area contributed by atoms with E-state index in [1.807, 2.05) is 19.1 Å². The van der Waals surface area contributed by atoms with Crippen molar-refractivity contribution in [2.45, 2.75) is 25.8 Å². The van der Waals surface area contributed by atoms with Gasteiger partial charge in [0, 0.05) is 25.3 Å². The molecule has 1 aromatic rings. The number of rotatable bonds is 5. The molecule has 3 nitrogen and oxygen atoms in total. The molecule has 0 aliphatic heterocycles. The summed E-state index contributed by atoms with van der Waals surface area (Å²) in [7, 11) is 2.14. The molecule has 0 unspecified atom stereocenters. The first-order chi connectivity index (χ1) is 8.19. The molecule has 94 valence electrons. The molecule has 1 aromatic carbocycles. The van der Waals surface area contributed by atoms with Crippen LogP contribution in [0.4, 0.5) is 5.69 Å². The fraction of sp³-hybridized carbons (Fsp3) is 0.571. The molecule has 17 heavy (non-hydrogen) atoms. The van der Waals surface area contributed by atoms with Crippen LogP contribution in [-0.2, 0) is 0 Å². The van der Waals surface area contributed by atoms with Gasteiger partial charge in [0.25, 0.3) is 0 Å². The minimum absolute atomic E-state index is 0.439. The van der Waals surface area contributed by atoms with Gasteiger partial charge in [-0.15, -0.1) is 0 Å². The molecule has 0 bridgehead atoms. The number of ether oxygens (including phenoxy) is 1. The normalized spacial score (nSPS) is 23.0. The maximum atomic E-state index is 5.80. The number of nitrogens with two attached hydrogens (primary N) is 1. The van der Waals surface area contributed by atoms with Crippen LogP contribution in [-0.4, -0.2) is 26.2 Å². The minimum Gasteiger partial charge on any atom is -0.494 e. The van der Waals surface area contributed by atoms with E-state index in [0.29, 0.717) is 6.04 Å². The lowest BCUT2D eigenvalue weighted by molar-refractivity contribution is 0.271. The molecule has 1 aliphatic rings. The van der Waals surface area contributed by atoms with Crippen molar-refractivity contribution in [2.24, 2.45) is 11.7 Å². The average molecular weight is 234 g/mol. The molecular weight excluding hydrogens is 212 g/mol. The smallest absolute Gasteiger partial charge is 0.119 e. The average Bonchev–Trinajstić information content (AvgIpc) is 2.28. The van der Waals surface area contributed by atoms with Gasteiger partial charge in [0.15, 0.2) is 0 Å². The summed E-state index contributed by atoms with van der Waals surface area (Å²) in [5, 5.41) is 0. The highest BCUT2D eigenvalue weighted by Gasteiger charge is 2.26. The lowest BCUT2D eigenvalue weighted by atomic mass is 9.80. The summed E-state index contributed by atoms with van der Waals surface area (Å²) in [5.41, 5.74) is 7.05. The molecular formula is C14H22N2O. The van der Waals surface area contributed by atoms with Gasteiger partial charge in [-0.05, 0) is 49.9 Å². The van der Waals surface area contributed by atoms with Crippen molar-refractivity contribution < 1.29 is 4.74 Å².